The van der Waals surface area contributed by atoms with E-state index in [-0.39, 0.29) is 12.5 Å². The molecule has 0 atom stereocenters. The topological polar surface area (TPSA) is 45.1 Å². The summed E-state index contributed by atoms with van der Waals surface area (Å²) >= 11 is 0. The highest BCUT2D eigenvalue weighted by Gasteiger charge is 2.31. The maximum atomic E-state index is 12.6. The summed E-state index contributed by atoms with van der Waals surface area (Å²) in [6.07, 6.45) is 2.98. The number of benzene rings is 1. The van der Waals surface area contributed by atoms with Crippen LogP contribution in [0.4, 0.5) is 13.2 Å². The van der Waals surface area contributed by atoms with Crippen molar-refractivity contribution < 1.29 is 22.7 Å². The van der Waals surface area contributed by atoms with Crippen molar-refractivity contribution in [1.29, 1.82) is 0 Å². The van der Waals surface area contributed by atoms with Crippen LogP contribution in [-0.2, 0) is 4.79 Å². The number of alkyl halides is 3. The molecule has 5 nitrogen and oxygen atoms in total. The molecule has 0 bridgehead atoms. The quantitative estimate of drug-likeness (QED) is 0.330. The van der Waals surface area contributed by atoms with Gasteiger partial charge in [0.15, 0.2) is 0 Å². The zero-order valence-electron chi connectivity index (χ0n) is 17.4. The number of piperidine rings is 1. The first kappa shape index (κ1) is 22.6. The van der Waals surface area contributed by atoms with E-state index in [9.17, 15) is 18.0 Å². The molecule has 2 fully saturated rings. The lowest BCUT2D eigenvalue weighted by Crippen LogP contribution is -2.46. The summed E-state index contributed by atoms with van der Waals surface area (Å²) in [6.45, 7) is 2.66. The second kappa shape index (κ2) is 10.3. The van der Waals surface area contributed by atoms with Crippen LogP contribution in [0.1, 0.15) is 57.4 Å². The number of carbonyl (C=O) groups is 1. The standard InChI is InChI=1S/C22H30F3N3O2/c1-2-4-21(26-28(16-29)15-22(23,24)25)17-7-9-19(10-8-17)30-20-11-13-27(14-12-20)18-5-3-6-18/h7-10,16,18,20H,2-6,11-15H2,1H3/b26-21+. The highest BCUT2D eigenvalue weighted by molar-refractivity contribution is 6.00. The van der Waals surface area contributed by atoms with E-state index < -0.39 is 12.7 Å². The molecule has 0 radical (unpaired) electrons. The molecule has 1 saturated heterocycles. The summed E-state index contributed by atoms with van der Waals surface area (Å²) in [6, 6.07) is 8.01. The maximum Gasteiger partial charge on any atom is 0.408 e. The van der Waals surface area contributed by atoms with E-state index in [1.165, 1.54) is 19.3 Å². The lowest BCUT2D eigenvalue weighted by atomic mass is 9.90. The van der Waals surface area contributed by atoms with Crippen molar-refractivity contribution in [2.24, 2.45) is 5.10 Å². The minimum Gasteiger partial charge on any atom is -0.490 e. The predicted molar refractivity (Wildman–Crippen MR) is 110 cm³/mol. The van der Waals surface area contributed by atoms with E-state index >= 15 is 0 Å². The molecule has 8 heteroatoms. The van der Waals surface area contributed by atoms with Crippen LogP contribution in [0, 0.1) is 0 Å². The normalized spacial score (nSPS) is 19.4. The molecule has 0 N–H and O–H groups in total. The average molecular weight is 425 g/mol. The van der Waals surface area contributed by atoms with Gasteiger partial charge in [-0.05, 0) is 61.9 Å². The largest absolute Gasteiger partial charge is 0.490 e. The number of likely N-dealkylation sites (tertiary alicyclic amines) is 1. The molecular formula is C22H30F3N3O2. The van der Waals surface area contributed by atoms with Gasteiger partial charge in [0, 0.05) is 19.1 Å². The molecule has 2 aliphatic rings. The molecule has 1 heterocycles. The summed E-state index contributed by atoms with van der Waals surface area (Å²) in [5.41, 5.74) is 1.15. The zero-order valence-corrected chi connectivity index (χ0v) is 17.4. The number of amides is 1. The summed E-state index contributed by atoms with van der Waals surface area (Å²) < 4.78 is 43.9. The number of nitrogens with zero attached hydrogens (tertiary/aromatic N) is 3. The second-order valence-electron chi connectivity index (χ2n) is 8.08. The second-order valence-corrected chi connectivity index (χ2v) is 8.08. The van der Waals surface area contributed by atoms with Crippen molar-refractivity contribution in [2.75, 3.05) is 19.6 Å². The third-order valence-electron chi connectivity index (χ3n) is 5.76. The van der Waals surface area contributed by atoms with Gasteiger partial charge >= 0.3 is 6.18 Å². The highest BCUT2D eigenvalue weighted by Crippen LogP contribution is 2.28. The van der Waals surface area contributed by atoms with Crippen molar-refractivity contribution in [3.63, 3.8) is 0 Å². The van der Waals surface area contributed by atoms with Crippen LogP contribution in [0.2, 0.25) is 0 Å². The fourth-order valence-corrected chi connectivity index (χ4v) is 3.95. The van der Waals surface area contributed by atoms with Crippen LogP contribution < -0.4 is 4.74 Å². The number of hydrogen-bond donors (Lipinski definition) is 0. The summed E-state index contributed by atoms with van der Waals surface area (Å²) in [5.74, 6) is 0.749. The Morgan fingerprint density at radius 3 is 2.37 bits per heavy atom. The minimum atomic E-state index is -4.49. The molecule has 3 rings (SSSR count). The zero-order chi connectivity index (χ0) is 21.6. The van der Waals surface area contributed by atoms with Crippen LogP contribution in [0.25, 0.3) is 0 Å². The molecule has 1 aromatic carbocycles. The third-order valence-corrected chi connectivity index (χ3v) is 5.76. The van der Waals surface area contributed by atoms with E-state index in [1.807, 2.05) is 19.1 Å². The molecule has 1 amide bonds. The molecule has 0 unspecified atom stereocenters. The van der Waals surface area contributed by atoms with Gasteiger partial charge in [0.05, 0.1) is 5.71 Å². The van der Waals surface area contributed by atoms with Gasteiger partial charge in [0.1, 0.15) is 18.4 Å². The monoisotopic (exact) mass is 425 g/mol. The number of rotatable bonds is 9. The van der Waals surface area contributed by atoms with E-state index in [0.29, 0.717) is 29.1 Å². The lowest BCUT2D eigenvalue weighted by molar-refractivity contribution is -0.153. The van der Waals surface area contributed by atoms with Crippen LogP contribution in [0.15, 0.2) is 29.4 Å². The van der Waals surface area contributed by atoms with Crippen molar-refractivity contribution in [1.82, 2.24) is 9.91 Å². The first-order valence-corrected chi connectivity index (χ1v) is 10.7. The molecule has 30 heavy (non-hydrogen) atoms. The number of hydrogen-bond acceptors (Lipinski definition) is 4. The molecule has 0 spiro atoms. The Balaban J connectivity index is 1.59. The third kappa shape index (κ3) is 6.45. The van der Waals surface area contributed by atoms with Crippen molar-refractivity contribution in [2.45, 2.75) is 70.2 Å². The average Bonchev–Trinajstić information content (AvgIpc) is 2.67. The Kier molecular flexibility index (Phi) is 7.75. The number of hydrazone groups is 1. The molecule has 1 saturated carbocycles. The number of carbonyl (C=O) groups excluding carboxylic acids is 1. The van der Waals surface area contributed by atoms with E-state index in [2.05, 4.69) is 10.0 Å². The van der Waals surface area contributed by atoms with Gasteiger partial charge in [-0.2, -0.15) is 18.3 Å². The first-order valence-electron chi connectivity index (χ1n) is 10.7. The van der Waals surface area contributed by atoms with Crippen molar-refractivity contribution >= 4 is 12.1 Å². The fraction of sp³-hybridized carbons (Fsp3) is 0.636. The molecule has 1 aromatic rings. The SMILES string of the molecule is CCC/C(=N\N(C=O)CC(F)(F)F)c1ccc(OC2CCN(C3CCC3)CC2)cc1. The van der Waals surface area contributed by atoms with Crippen LogP contribution in [0.3, 0.4) is 0 Å². The van der Waals surface area contributed by atoms with Crippen LogP contribution >= 0.6 is 0 Å². The van der Waals surface area contributed by atoms with E-state index in [1.54, 1.807) is 12.1 Å². The van der Waals surface area contributed by atoms with Crippen LogP contribution in [-0.4, -0.2) is 60.0 Å². The predicted octanol–water partition coefficient (Wildman–Crippen LogP) is 4.61. The van der Waals surface area contributed by atoms with Gasteiger partial charge in [0.2, 0.25) is 6.41 Å². The Morgan fingerprint density at radius 1 is 1.20 bits per heavy atom. The van der Waals surface area contributed by atoms with Crippen LogP contribution in [0.5, 0.6) is 5.75 Å². The number of ether oxygens (including phenoxy) is 1. The van der Waals surface area contributed by atoms with Crippen molar-refractivity contribution in [3.8, 4) is 5.75 Å². The molecule has 0 aromatic heterocycles. The summed E-state index contributed by atoms with van der Waals surface area (Å²) in [7, 11) is 0. The summed E-state index contributed by atoms with van der Waals surface area (Å²) in [4.78, 5) is 13.6. The minimum absolute atomic E-state index is 0.108. The Bertz CT molecular complexity index is 709. The van der Waals surface area contributed by atoms with Gasteiger partial charge in [0.25, 0.3) is 0 Å². The fourth-order valence-electron chi connectivity index (χ4n) is 3.95. The van der Waals surface area contributed by atoms with Gasteiger partial charge in [-0.25, -0.2) is 5.01 Å². The van der Waals surface area contributed by atoms with Crippen molar-refractivity contribution in [3.05, 3.63) is 29.8 Å². The Labute approximate surface area is 175 Å². The molecule has 1 aliphatic carbocycles. The molecule has 166 valence electrons. The highest BCUT2D eigenvalue weighted by atomic mass is 19.4. The van der Waals surface area contributed by atoms with E-state index in [0.717, 1.165) is 37.7 Å². The number of halogens is 3. The Morgan fingerprint density at radius 2 is 1.87 bits per heavy atom. The van der Waals surface area contributed by atoms with Gasteiger partial charge < -0.3 is 9.64 Å². The smallest absolute Gasteiger partial charge is 0.408 e. The maximum absolute atomic E-state index is 12.6. The van der Waals surface area contributed by atoms with Gasteiger partial charge in [-0.3, -0.25) is 4.79 Å². The van der Waals surface area contributed by atoms with E-state index in [4.69, 9.17) is 4.74 Å². The lowest BCUT2D eigenvalue weighted by Gasteiger charge is -2.41. The molecular weight excluding hydrogens is 395 g/mol. The van der Waals surface area contributed by atoms with Gasteiger partial charge in [-0.1, -0.05) is 19.8 Å². The van der Waals surface area contributed by atoms with Gasteiger partial charge in [-0.15, -0.1) is 0 Å². The molecule has 1 aliphatic heterocycles. The Hall–Kier alpha value is -2.09. The summed E-state index contributed by atoms with van der Waals surface area (Å²) in [5, 5.41) is 4.35. The first-order chi connectivity index (χ1) is 14.4.